The van der Waals surface area contributed by atoms with Crippen molar-refractivity contribution in [3.8, 4) is 11.4 Å². The third-order valence-corrected chi connectivity index (χ3v) is 4.17. The van der Waals surface area contributed by atoms with Crippen molar-refractivity contribution in [1.82, 2.24) is 9.55 Å². The number of nitrogens with zero attached hydrogens (tertiary/aromatic N) is 2. The molecule has 0 saturated heterocycles. The second kappa shape index (κ2) is 5.10. The molecular formula is C14H11Br2N3O. The summed E-state index contributed by atoms with van der Waals surface area (Å²) in [5.41, 5.74) is 8.67. The highest BCUT2D eigenvalue weighted by Crippen LogP contribution is 2.33. The van der Waals surface area contributed by atoms with E-state index in [-0.39, 0.29) is 0 Å². The van der Waals surface area contributed by atoms with Gasteiger partial charge >= 0.3 is 0 Å². The Morgan fingerprint density at radius 1 is 1.20 bits per heavy atom. The number of rotatable bonds is 2. The fraction of sp³-hybridized carbons (Fsp3) is 0.0714. The molecule has 4 nitrogen and oxygen atoms in total. The smallest absolute Gasteiger partial charge is 0.206 e. The van der Waals surface area contributed by atoms with E-state index in [1.54, 1.807) is 7.11 Å². The van der Waals surface area contributed by atoms with Gasteiger partial charge in [0.1, 0.15) is 11.3 Å². The Morgan fingerprint density at radius 3 is 2.70 bits per heavy atom. The van der Waals surface area contributed by atoms with Crippen molar-refractivity contribution in [3.05, 3.63) is 45.3 Å². The normalized spacial score (nSPS) is 10.9. The summed E-state index contributed by atoms with van der Waals surface area (Å²) in [7, 11) is 1.62. The van der Waals surface area contributed by atoms with Gasteiger partial charge in [-0.15, -0.1) is 0 Å². The molecule has 0 aliphatic carbocycles. The van der Waals surface area contributed by atoms with Crippen molar-refractivity contribution >= 4 is 48.8 Å². The van der Waals surface area contributed by atoms with Crippen molar-refractivity contribution in [3.63, 3.8) is 0 Å². The summed E-state index contributed by atoms with van der Waals surface area (Å²) in [5.74, 6) is 1.13. The average Bonchev–Trinajstić information content (AvgIpc) is 2.75. The van der Waals surface area contributed by atoms with Gasteiger partial charge in [-0.25, -0.2) is 4.98 Å². The molecule has 1 heterocycles. The van der Waals surface area contributed by atoms with Crippen molar-refractivity contribution in [2.45, 2.75) is 0 Å². The van der Waals surface area contributed by atoms with Crippen LogP contribution < -0.4 is 10.5 Å². The van der Waals surface area contributed by atoms with Crippen LogP contribution in [0, 0.1) is 0 Å². The van der Waals surface area contributed by atoms with E-state index in [0.29, 0.717) is 11.7 Å². The minimum atomic E-state index is 0.424. The molecule has 20 heavy (non-hydrogen) atoms. The third kappa shape index (κ3) is 2.09. The van der Waals surface area contributed by atoms with Crippen LogP contribution in [-0.4, -0.2) is 16.7 Å². The Kier molecular flexibility index (Phi) is 3.43. The number of hydrogen-bond donors (Lipinski definition) is 1. The van der Waals surface area contributed by atoms with E-state index in [1.165, 1.54) is 0 Å². The van der Waals surface area contributed by atoms with Crippen LogP contribution >= 0.6 is 31.9 Å². The van der Waals surface area contributed by atoms with Crippen LogP contribution in [-0.2, 0) is 0 Å². The van der Waals surface area contributed by atoms with Crippen LogP contribution in [0.1, 0.15) is 0 Å². The first-order chi connectivity index (χ1) is 9.61. The number of imidazole rings is 1. The lowest BCUT2D eigenvalue weighted by Gasteiger charge is -2.09. The van der Waals surface area contributed by atoms with Gasteiger partial charge in [-0.2, -0.15) is 0 Å². The summed E-state index contributed by atoms with van der Waals surface area (Å²) in [5, 5.41) is 0. The van der Waals surface area contributed by atoms with E-state index in [4.69, 9.17) is 10.5 Å². The molecule has 0 amide bonds. The zero-order chi connectivity index (χ0) is 14.3. The van der Waals surface area contributed by atoms with Gasteiger partial charge in [0.15, 0.2) is 0 Å². The van der Waals surface area contributed by atoms with Gasteiger partial charge in [-0.05, 0) is 46.3 Å². The molecule has 6 heteroatoms. The highest BCUT2D eigenvalue weighted by Gasteiger charge is 2.15. The molecular weight excluding hydrogens is 386 g/mol. The lowest BCUT2D eigenvalue weighted by molar-refractivity contribution is 0.419. The molecule has 0 unspecified atom stereocenters. The second-order valence-corrected chi connectivity index (χ2v) is 6.00. The number of nitrogen functional groups attached to an aromatic ring is 1. The van der Waals surface area contributed by atoms with Gasteiger partial charge in [-0.3, -0.25) is 4.57 Å². The van der Waals surface area contributed by atoms with Crippen molar-refractivity contribution in [2.24, 2.45) is 0 Å². The quantitative estimate of drug-likeness (QED) is 0.708. The Hall–Kier alpha value is -1.53. The molecule has 0 aliphatic heterocycles. The first-order valence-corrected chi connectivity index (χ1v) is 7.47. The van der Waals surface area contributed by atoms with E-state index in [1.807, 2.05) is 41.0 Å². The van der Waals surface area contributed by atoms with E-state index in [9.17, 15) is 0 Å². The number of ether oxygens (including phenoxy) is 1. The highest BCUT2D eigenvalue weighted by molar-refractivity contribution is 9.11. The molecule has 0 bridgehead atoms. The molecule has 1 aromatic heterocycles. The van der Waals surface area contributed by atoms with Crippen LogP contribution in [0.5, 0.6) is 5.75 Å². The molecule has 0 saturated carbocycles. The molecule has 0 atom stereocenters. The molecule has 3 rings (SSSR count). The highest BCUT2D eigenvalue weighted by atomic mass is 79.9. The summed E-state index contributed by atoms with van der Waals surface area (Å²) in [6, 6.07) is 11.7. The summed E-state index contributed by atoms with van der Waals surface area (Å²) in [6.07, 6.45) is 0. The minimum Gasteiger partial charge on any atom is -0.494 e. The number of aromatic nitrogens is 2. The lowest BCUT2D eigenvalue weighted by Crippen LogP contribution is -2.01. The number of anilines is 1. The van der Waals surface area contributed by atoms with Crippen LogP contribution in [0.4, 0.5) is 5.95 Å². The Balaban J connectivity index is 2.34. The largest absolute Gasteiger partial charge is 0.494 e. The first kappa shape index (κ1) is 13.5. The van der Waals surface area contributed by atoms with Crippen molar-refractivity contribution in [2.75, 3.05) is 12.8 Å². The monoisotopic (exact) mass is 395 g/mol. The van der Waals surface area contributed by atoms with Crippen LogP contribution in [0.2, 0.25) is 0 Å². The molecule has 2 aromatic carbocycles. The van der Waals surface area contributed by atoms with Gasteiger partial charge in [-0.1, -0.05) is 22.0 Å². The number of halogens is 2. The standard InChI is InChI=1S/C14H11Br2N3O/c1-20-12-4-2-3-11-13(12)18-14(17)19(11)10-6-5-8(15)7-9(10)16/h2-7H,1H3,(H2,17,18). The third-order valence-electron chi connectivity index (χ3n) is 3.04. The summed E-state index contributed by atoms with van der Waals surface area (Å²) in [6.45, 7) is 0. The zero-order valence-electron chi connectivity index (χ0n) is 10.6. The summed E-state index contributed by atoms with van der Waals surface area (Å²) in [4.78, 5) is 4.41. The maximum atomic E-state index is 6.08. The van der Waals surface area contributed by atoms with E-state index in [0.717, 1.165) is 25.7 Å². The van der Waals surface area contributed by atoms with Gasteiger partial charge in [0, 0.05) is 8.95 Å². The van der Waals surface area contributed by atoms with E-state index in [2.05, 4.69) is 36.8 Å². The lowest BCUT2D eigenvalue weighted by atomic mass is 10.2. The number of benzene rings is 2. The Labute approximate surface area is 132 Å². The van der Waals surface area contributed by atoms with Gasteiger partial charge < -0.3 is 10.5 Å². The SMILES string of the molecule is COc1cccc2c1nc(N)n2-c1ccc(Br)cc1Br. The summed E-state index contributed by atoms with van der Waals surface area (Å²) >= 11 is 7.00. The van der Waals surface area contributed by atoms with Crippen molar-refractivity contribution in [1.29, 1.82) is 0 Å². The molecule has 0 spiro atoms. The van der Waals surface area contributed by atoms with Crippen LogP contribution in [0.25, 0.3) is 16.7 Å². The van der Waals surface area contributed by atoms with E-state index >= 15 is 0 Å². The minimum absolute atomic E-state index is 0.424. The van der Waals surface area contributed by atoms with Gasteiger partial charge in [0.2, 0.25) is 5.95 Å². The number of fused-ring (bicyclic) bond motifs is 1. The zero-order valence-corrected chi connectivity index (χ0v) is 13.8. The fourth-order valence-corrected chi connectivity index (χ4v) is 3.40. The van der Waals surface area contributed by atoms with E-state index < -0.39 is 0 Å². The molecule has 3 aromatic rings. The van der Waals surface area contributed by atoms with Gasteiger partial charge in [0.25, 0.3) is 0 Å². The second-order valence-electron chi connectivity index (χ2n) is 4.23. The maximum absolute atomic E-state index is 6.08. The predicted octanol–water partition coefficient (Wildman–Crippen LogP) is 4.14. The van der Waals surface area contributed by atoms with Crippen molar-refractivity contribution < 1.29 is 4.74 Å². The number of methoxy groups -OCH3 is 1. The number of hydrogen-bond acceptors (Lipinski definition) is 3. The first-order valence-electron chi connectivity index (χ1n) is 5.88. The number of para-hydroxylation sites is 1. The van der Waals surface area contributed by atoms with Crippen LogP contribution in [0.3, 0.4) is 0 Å². The number of nitrogens with two attached hydrogens (primary N) is 1. The predicted molar refractivity (Wildman–Crippen MR) is 87.4 cm³/mol. The fourth-order valence-electron chi connectivity index (χ4n) is 2.17. The maximum Gasteiger partial charge on any atom is 0.206 e. The molecule has 0 radical (unpaired) electrons. The Bertz CT molecular complexity index is 798. The molecule has 0 aliphatic rings. The molecule has 102 valence electrons. The summed E-state index contributed by atoms with van der Waals surface area (Å²) < 4.78 is 9.15. The van der Waals surface area contributed by atoms with Crippen LogP contribution in [0.15, 0.2) is 45.3 Å². The molecule has 2 N–H and O–H groups in total. The molecule has 0 fully saturated rings. The average molecular weight is 397 g/mol. The van der Waals surface area contributed by atoms with Gasteiger partial charge in [0.05, 0.1) is 18.3 Å². The topological polar surface area (TPSA) is 53.1 Å². The Morgan fingerprint density at radius 2 is 2.00 bits per heavy atom.